The Morgan fingerprint density at radius 1 is 1.18 bits per heavy atom. The van der Waals surface area contributed by atoms with Gasteiger partial charge in [0, 0.05) is 30.9 Å². The van der Waals surface area contributed by atoms with E-state index in [0.717, 1.165) is 11.9 Å². The molecular weight excluding hydrogens is 208 g/mol. The first kappa shape index (κ1) is 11.9. The van der Waals surface area contributed by atoms with E-state index in [1.54, 1.807) is 0 Å². The van der Waals surface area contributed by atoms with E-state index < -0.39 is 0 Å². The van der Waals surface area contributed by atoms with Crippen LogP contribution in [-0.4, -0.2) is 19.1 Å². The third kappa shape index (κ3) is 2.57. The SMILES string of the molecule is CCCCc1cc(N(C)C)c2ccccc2n1. The van der Waals surface area contributed by atoms with E-state index in [4.69, 9.17) is 4.98 Å². The molecule has 0 aliphatic rings. The molecule has 2 nitrogen and oxygen atoms in total. The molecule has 2 rings (SSSR count). The van der Waals surface area contributed by atoms with E-state index in [1.807, 2.05) is 0 Å². The Kier molecular flexibility index (Phi) is 3.62. The molecule has 0 bridgehead atoms. The molecular formula is C15H20N2. The van der Waals surface area contributed by atoms with Crippen molar-refractivity contribution in [3.63, 3.8) is 0 Å². The number of rotatable bonds is 4. The molecule has 0 spiro atoms. The van der Waals surface area contributed by atoms with E-state index in [0.29, 0.717) is 0 Å². The van der Waals surface area contributed by atoms with Gasteiger partial charge in [-0.05, 0) is 25.0 Å². The number of nitrogens with zero attached hydrogens (tertiary/aromatic N) is 2. The largest absolute Gasteiger partial charge is 0.377 e. The van der Waals surface area contributed by atoms with Gasteiger partial charge in [0.2, 0.25) is 0 Å². The molecule has 0 unspecified atom stereocenters. The van der Waals surface area contributed by atoms with Gasteiger partial charge in [-0.1, -0.05) is 31.5 Å². The van der Waals surface area contributed by atoms with Crippen LogP contribution in [0.3, 0.4) is 0 Å². The number of anilines is 1. The van der Waals surface area contributed by atoms with E-state index in [2.05, 4.69) is 56.3 Å². The molecule has 1 aromatic heterocycles. The predicted molar refractivity (Wildman–Crippen MR) is 74.7 cm³/mol. The number of pyridine rings is 1. The summed E-state index contributed by atoms with van der Waals surface area (Å²) in [7, 11) is 4.18. The third-order valence-corrected chi connectivity index (χ3v) is 3.02. The number of aromatic nitrogens is 1. The van der Waals surface area contributed by atoms with Crippen LogP contribution in [0.1, 0.15) is 25.5 Å². The Bertz CT molecular complexity index is 503. The van der Waals surface area contributed by atoms with Crippen LogP contribution in [0.4, 0.5) is 5.69 Å². The van der Waals surface area contributed by atoms with Crippen molar-refractivity contribution in [3.05, 3.63) is 36.0 Å². The summed E-state index contributed by atoms with van der Waals surface area (Å²) >= 11 is 0. The highest BCUT2D eigenvalue weighted by molar-refractivity contribution is 5.91. The summed E-state index contributed by atoms with van der Waals surface area (Å²) in [5.74, 6) is 0. The van der Waals surface area contributed by atoms with Crippen molar-refractivity contribution >= 4 is 16.6 Å². The smallest absolute Gasteiger partial charge is 0.0726 e. The van der Waals surface area contributed by atoms with Crippen molar-refractivity contribution in [2.75, 3.05) is 19.0 Å². The maximum absolute atomic E-state index is 4.73. The molecule has 0 fully saturated rings. The zero-order valence-electron chi connectivity index (χ0n) is 10.9. The number of benzene rings is 1. The minimum absolute atomic E-state index is 1.07. The van der Waals surface area contributed by atoms with Crippen LogP contribution in [0.2, 0.25) is 0 Å². The predicted octanol–water partition coefficient (Wildman–Crippen LogP) is 3.64. The molecule has 2 heteroatoms. The lowest BCUT2D eigenvalue weighted by Gasteiger charge is -2.16. The molecule has 1 heterocycles. The number of unbranched alkanes of at least 4 members (excludes halogenated alkanes) is 1. The number of fused-ring (bicyclic) bond motifs is 1. The highest BCUT2D eigenvalue weighted by Crippen LogP contribution is 2.25. The highest BCUT2D eigenvalue weighted by atomic mass is 15.1. The first-order valence-electron chi connectivity index (χ1n) is 6.28. The minimum atomic E-state index is 1.07. The minimum Gasteiger partial charge on any atom is -0.377 e. The van der Waals surface area contributed by atoms with Gasteiger partial charge in [-0.2, -0.15) is 0 Å². The van der Waals surface area contributed by atoms with E-state index in [-0.39, 0.29) is 0 Å². The van der Waals surface area contributed by atoms with Crippen molar-refractivity contribution in [2.24, 2.45) is 0 Å². The summed E-state index contributed by atoms with van der Waals surface area (Å²) in [4.78, 5) is 6.90. The zero-order chi connectivity index (χ0) is 12.3. The van der Waals surface area contributed by atoms with E-state index >= 15 is 0 Å². The first-order valence-corrected chi connectivity index (χ1v) is 6.28. The molecule has 17 heavy (non-hydrogen) atoms. The van der Waals surface area contributed by atoms with Crippen molar-refractivity contribution in [1.82, 2.24) is 4.98 Å². The molecule has 0 aliphatic carbocycles. The van der Waals surface area contributed by atoms with Crippen LogP contribution in [-0.2, 0) is 6.42 Å². The molecule has 0 aliphatic heterocycles. The van der Waals surface area contributed by atoms with Gasteiger partial charge in [0.15, 0.2) is 0 Å². The summed E-state index contributed by atoms with van der Waals surface area (Å²) in [6.45, 7) is 2.22. The maximum atomic E-state index is 4.73. The van der Waals surface area contributed by atoms with Gasteiger partial charge in [0.25, 0.3) is 0 Å². The molecule has 0 radical (unpaired) electrons. The summed E-state index contributed by atoms with van der Waals surface area (Å²) in [5, 5.41) is 1.23. The lowest BCUT2D eigenvalue weighted by molar-refractivity contribution is 0.779. The maximum Gasteiger partial charge on any atom is 0.0726 e. The molecule has 90 valence electrons. The summed E-state index contributed by atoms with van der Waals surface area (Å²) < 4.78 is 0. The van der Waals surface area contributed by atoms with Gasteiger partial charge in [0.1, 0.15) is 0 Å². The molecule has 0 N–H and O–H groups in total. The fourth-order valence-electron chi connectivity index (χ4n) is 2.07. The van der Waals surface area contributed by atoms with Gasteiger partial charge in [-0.15, -0.1) is 0 Å². The standard InChI is InChI=1S/C15H20N2/c1-4-5-8-12-11-15(17(2)3)13-9-6-7-10-14(13)16-12/h6-7,9-11H,4-5,8H2,1-3H3. The Hall–Kier alpha value is -1.57. The third-order valence-electron chi connectivity index (χ3n) is 3.02. The first-order chi connectivity index (χ1) is 8.22. The Morgan fingerprint density at radius 3 is 2.65 bits per heavy atom. The molecule has 0 amide bonds. The Morgan fingerprint density at radius 2 is 1.94 bits per heavy atom. The number of para-hydroxylation sites is 1. The van der Waals surface area contributed by atoms with Crippen LogP contribution in [0.25, 0.3) is 10.9 Å². The average molecular weight is 228 g/mol. The number of hydrogen-bond acceptors (Lipinski definition) is 2. The van der Waals surface area contributed by atoms with Crippen LogP contribution in [0, 0.1) is 0 Å². The second-order valence-corrected chi connectivity index (χ2v) is 4.65. The molecule has 0 atom stereocenters. The van der Waals surface area contributed by atoms with Gasteiger partial charge in [0.05, 0.1) is 5.52 Å². The topological polar surface area (TPSA) is 16.1 Å². The van der Waals surface area contributed by atoms with Crippen molar-refractivity contribution in [3.8, 4) is 0 Å². The normalized spacial score (nSPS) is 10.8. The molecule has 0 saturated carbocycles. The number of aryl methyl sites for hydroxylation is 1. The monoisotopic (exact) mass is 228 g/mol. The molecule has 2 aromatic rings. The summed E-state index contributed by atoms with van der Waals surface area (Å²) in [5.41, 5.74) is 3.57. The van der Waals surface area contributed by atoms with Gasteiger partial charge in [-0.25, -0.2) is 0 Å². The van der Waals surface area contributed by atoms with Crippen LogP contribution >= 0.6 is 0 Å². The number of hydrogen-bond donors (Lipinski definition) is 0. The van der Waals surface area contributed by atoms with E-state index in [9.17, 15) is 0 Å². The molecule has 1 aromatic carbocycles. The summed E-state index contributed by atoms with van der Waals surface area (Å²) in [6, 6.07) is 10.6. The van der Waals surface area contributed by atoms with E-state index in [1.165, 1.54) is 29.6 Å². The second kappa shape index (κ2) is 5.17. The van der Waals surface area contributed by atoms with Crippen LogP contribution < -0.4 is 4.90 Å². The zero-order valence-corrected chi connectivity index (χ0v) is 10.9. The Balaban J connectivity index is 2.51. The lowest BCUT2D eigenvalue weighted by Crippen LogP contribution is -2.10. The quantitative estimate of drug-likeness (QED) is 0.794. The fraction of sp³-hybridized carbons (Fsp3) is 0.400. The average Bonchev–Trinajstić information content (AvgIpc) is 2.35. The Labute approximate surface area is 103 Å². The summed E-state index contributed by atoms with van der Waals surface area (Å²) in [6.07, 6.45) is 3.49. The van der Waals surface area contributed by atoms with Crippen molar-refractivity contribution < 1.29 is 0 Å². The highest BCUT2D eigenvalue weighted by Gasteiger charge is 2.06. The van der Waals surface area contributed by atoms with Crippen LogP contribution in [0.15, 0.2) is 30.3 Å². The lowest BCUT2D eigenvalue weighted by atomic mass is 10.1. The van der Waals surface area contributed by atoms with Crippen LogP contribution in [0.5, 0.6) is 0 Å². The fourth-order valence-corrected chi connectivity index (χ4v) is 2.07. The molecule has 0 saturated heterocycles. The van der Waals surface area contributed by atoms with Gasteiger partial charge < -0.3 is 4.90 Å². The van der Waals surface area contributed by atoms with Gasteiger partial charge in [-0.3, -0.25) is 4.98 Å². The van der Waals surface area contributed by atoms with Crippen molar-refractivity contribution in [1.29, 1.82) is 0 Å². The van der Waals surface area contributed by atoms with Crippen molar-refractivity contribution in [2.45, 2.75) is 26.2 Å². The van der Waals surface area contributed by atoms with Gasteiger partial charge >= 0.3 is 0 Å². The second-order valence-electron chi connectivity index (χ2n) is 4.65.